The van der Waals surface area contributed by atoms with Gasteiger partial charge in [-0.25, -0.2) is 0 Å². The molecule has 0 saturated carbocycles. The zero-order valence-electron chi connectivity index (χ0n) is 15.8. The van der Waals surface area contributed by atoms with Crippen LogP contribution in [-0.4, -0.2) is 40.4 Å². The Bertz CT molecular complexity index is 1090. The second-order valence-electron chi connectivity index (χ2n) is 7.18. The van der Waals surface area contributed by atoms with Crippen LogP contribution in [0, 0.1) is 0 Å². The summed E-state index contributed by atoms with van der Waals surface area (Å²) in [4.78, 5) is 11.7. The van der Waals surface area contributed by atoms with E-state index in [0.717, 1.165) is 6.07 Å². The number of carbonyl (C=O) groups excluding carboxylic acids is 1. The Balaban J connectivity index is 1.69. The Morgan fingerprint density at radius 2 is 1.97 bits per heavy atom. The Morgan fingerprint density at radius 3 is 2.73 bits per heavy atom. The first-order valence-electron chi connectivity index (χ1n) is 9.41. The van der Waals surface area contributed by atoms with Crippen LogP contribution in [0.5, 0.6) is 0 Å². The number of nitrogens with one attached hydrogen (secondary N) is 2. The predicted molar refractivity (Wildman–Crippen MR) is 105 cm³/mol. The monoisotopic (exact) mass is 416 g/mol. The minimum atomic E-state index is -4.40. The zero-order valence-corrected chi connectivity index (χ0v) is 15.8. The maximum Gasteiger partial charge on any atom is 0.416 e. The lowest BCUT2D eigenvalue weighted by Crippen LogP contribution is -2.44. The van der Waals surface area contributed by atoms with Crippen molar-refractivity contribution in [2.24, 2.45) is 5.73 Å². The third-order valence-corrected chi connectivity index (χ3v) is 5.29. The van der Waals surface area contributed by atoms with E-state index in [0.29, 0.717) is 41.8 Å². The van der Waals surface area contributed by atoms with Crippen molar-refractivity contribution in [3.05, 3.63) is 59.2 Å². The number of carbonyl (C=O) groups is 1. The maximum atomic E-state index is 13.2. The lowest BCUT2D eigenvalue weighted by molar-refractivity contribution is -0.137. The summed E-state index contributed by atoms with van der Waals surface area (Å²) in [5.74, 6) is -0.403. The number of aromatic nitrogens is 3. The van der Waals surface area contributed by atoms with Crippen LogP contribution in [0.25, 0.3) is 10.9 Å². The van der Waals surface area contributed by atoms with Gasteiger partial charge < -0.3 is 16.4 Å². The molecule has 1 aromatic heterocycles. The average Bonchev–Trinajstić information content (AvgIpc) is 2.73. The number of benzene rings is 2. The van der Waals surface area contributed by atoms with Crippen molar-refractivity contribution in [1.29, 1.82) is 0 Å². The number of amides is 1. The van der Waals surface area contributed by atoms with Crippen molar-refractivity contribution < 1.29 is 18.0 Å². The van der Waals surface area contributed by atoms with Crippen molar-refractivity contribution in [3.63, 3.8) is 0 Å². The molecule has 2 unspecified atom stereocenters. The van der Waals surface area contributed by atoms with E-state index in [-0.39, 0.29) is 17.5 Å². The van der Waals surface area contributed by atoms with Crippen molar-refractivity contribution in [1.82, 2.24) is 20.7 Å². The number of fused-ring (bicyclic) bond motifs is 1. The smallest absolute Gasteiger partial charge is 0.366 e. The fraction of sp³-hybridized carbons (Fsp3) is 0.300. The van der Waals surface area contributed by atoms with E-state index in [1.807, 2.05) is 0 Å². The second kappa shape index (κ2) is 7.86. The van der Waals surface area contributed by atoms with Gasteiger partial charge in [0.1, 0.15) is 5.52 Å². The van der Waals surface area contributed by atoms with E-state index < -0.39 is 17.6 Å². The molecule has 4 N–H and O–H groups in total. The van der Waals surface area contributed by atoms with Crippen molar-refractivity contribution in [2.75, 3.05) is 18.4 Å². The Labute approximate surface area is 169 Å². The molecule has 2 heterocycles. The predicted octanol–water partition coefficient (Wildman–Crippen LogP) is 2.70. The van der Waals surface area contributed by atoms with Gasteiger partial charge in [0, 0.05) is 23.9 Å². The van der Waals surface area contributed by atoms with E-state index in [4.69, 9.17) is 5.73 Å². The third kappa shape index (κ3) is 3.90. The quantitative estimate of drug-likeness (QED) is 0.604. The van der Waals surface area contributed by atoms with E-state index in [1.54, 1.807) is 24.3 Å². The molecule has 0 radical (unpaired) electrons. The maximum absolute atomic E-state index is 13.2. The molecular formula is C20H19F3N6O. The molecule has 1 fully saturated rings. The summed E-state index contributed by atoms with van der Waals surface area (Å²) in [5, 5.41) is 18.8. The molecule has 156 valence electrons. The average molecular weight is 416 g/mol. The molecule has 10 heteroatoms. The van der Waals surface area contributed by atoms with Crippen LogP contribution >= 0.6 is 0 Å². The first kappa shape index (κ1) is 20.0. The highest BCUT2D eigenvalue weighted by Crippen LogP contribution is 2.34. The largest absolute Gasteiger partial charge is 0.416 e. The van der Waals surface area contributed by atoms with E-state index in [1.165, 1.54) is 12.1 Å². The Hall–Kier alpha value is -3.27. The highest BCUT2D eigenvalue weighted by molar-refractivity contribution is 6.06. The summed E-state index contributed by atoms with van der Waals surface area (Å²) in [6.07, 6.45) is -3.74. The van der Waals surface area contributed by atoms with Crippen LogP contribution in [0.4, 0.5) is 19.0 Å². The summed E-state index contributed by atoms with van der Waals surface area (Å²) >= 11 is 0. The van der Waals surface area contributed by atoms with Crippen LogP contribution in [0.15, 0.2) is 42.5 Å². The molecule has 7 nitrogen and oxygen atoms in total. The number of hydrogen-bond acceptors (Lipinski definition) is 6. The van der Waals surface area contributed by atoms with Crippen molar-refractivity contribution in [2.45, 2.75) is 24.6 Å². The van der Waals surface area contributed by atoms with Crippen LogP contribution in [-0.2, 0) is 6.18 Å². The number of nitrogens with zero attached hydrogens (tertiary/aromatic N) is 3. The van der Waals surface area contributed by atoms with Crippen LogP contribution in [0.3, 0.4) is 0 Å². The number of nitrogens with two attached hydrogens (primary N) is 1. The summed E-state index contributed by atoms with van der Waals surface area (Å²) in [5.41, 5.74) is 5.89. The molecule has 1 aliphatic rings. The normalized spacial score (nSPS) is 19.6. The molecule has 0 aliphatic carbocycles. The number of halogens is 3. The number of hydrogen-bond donors (Lipinski definition) is 3. The van der Waals surface area contributed by atoms with E-state index >= 15 is 0 Å². The van der Waals surface area contributed by atoms with Gasteiger partial charge in [-0.3, -0.25) is 4.79 Å². The Morgan fingerprint density at radius 1 is 1.17 bits per heavy atom. The van der Waals surface area contributed by atoms with Crippen molar-refractivity contribution >= 4 is 22.6 Å². The summed E-state index contributed by atoms with van der Waals surface area (Å²) in [6, 6.07) is 10.1. The SMILES string of the molecule is NC(=O)c1cccc2c(NC3CNCCC3c3cccc(C(F)(F)F)c3)nnnc12. The number of primary amides is 1. The molecule has 30 heavy (non-hydrogen) atoms. The molecule has 0 bridgehead atoms. The van der Waals surface area contributed by atoms with Gasteiger partial charge in [-0.1, -0.05) is 24.3 Å². The van der Waals surface area contributed by atoms with Gasteiger partial charge in [-0.15, -0.1) is 10.2 Å². The minimum Gasteiger partial charge on any atom is -0.366 e. The molecule has 2 atom stereocenters. The fourth-order valence-electron chi connectivity index (χ4n) is 3.84. The van der Waals surface area contributed by atoms with E-state index in [2.05, 4.69) is 26.0 Å². The molecule has 1 amide bonds. The summed E-state index contributed by atoms with van der Waals surface area (Å²) in [7, 11) is 0. The number of piperidine rings is 1. The standard InChI is InChI=1S/C20H19F3N6O/c21-20(22,23)12-4-1-3-11(9-12)13-7-8-25-10-16(13)26-19-15-6-2-5-14(18(24)30)17(15)27-29-28-19/h1-6,9,13,16,25H,7-8,10H2,(H2,24,30)(H,26,27,28). The fourth-order valence-corrected chi connectivity index (χ4v) is 3.84. The minimum absolute atomic E-state index is 0.169. The molecule has 2 aromatic carbocycles. The molecule has 3 aromatic rings. The van der Waals surface area contributed by atoms with Crippen LogP contribution in [0.1, 0.15) is 33.8 Å². The third-order valence-electron chi connectivity index (χ3n) is 5.29. The Kier molecular flexibility index (Phi) is 5.25. The second-order valence-corrected chi connectivity index (χ2v) is 7.18. The highest BCUT2D eigenvalue weighted by atomic mass is 19.4. The zero-order chi connectivity index (χ0) is 21.3. The van der Waals surface area contributed by atoms with Crippen LogP contribution < -0.4 is 16.4 Å². The topological polar surface area (TPSA) is 106 Å². The van der Waals surface area contributed by atoms with E-state index in [9.17, 15) is 18.0 Å². The number of anilines is 1. The molecule has 0 spiro atoms. The van der Waals surface area contributed by atoms with Gasteiger partial charge in [0.15, 0.2) is 5.82 Å². The van der Waals surface area contributed by atoms with Gasteiger partial charge in [-0.05, 0) is 41.9 Å². The molecule has 1 aliphatic heterocycles. The van der Waals surface area contributed by atoms with Crippen LogP contribution in [0.2, 0.25) is 0 Å². The number of rotatable bonds is 4. The summed E-state index contributed by atoms with van der Waals surface area (Å²) in [6.45, 7) is 1.22. The first-order valence-corrected chi connectivity index (χ1v) is 9.41. The van der Waals surface area contributed by atoms with Crippen molar-refractivity contribution in [3.8, 4) is 0 Å². The molecule has 4 rings (SSSR count). The first-order chi connectivity index (χ1) is 14.3. The number of alkyl halides is 3. The van der Waals surface area contributed by atoms with Gasteiger partial charge in [0.2, 0.25) is 0 Å². The molecular weight excluding hydrogens is 397 g/mol. The van der Waals surface area contributed by atoms with Gasteiger partial charge in [0.05, 0.1) is 11.1 Å². The van der Waals surface area contributed by atoms with Gasteiger partial charge in [-0.2, -0.15) is 13.2 Å². The molecule has 1 saturated heterocycles. The lowest BCUT2D eigenvalue weighted by atomic mass is 9.85. The van der Waals surface area contributed by atoms with Gasteiger partial charge in [0.25, 0.3) is 5.91 Å². The lowest BCUT2D eigenvalue weighted by Gasteiger charge is -2.34. The van der Waals surface area contributed by atoms with Gasteiger partial charge >= 0.3 is 6.18 Å². The summed E-state index contributed by atoms with van der Waals surface area (Å²) < 4.78 is 39.5. The highest BCUT2D eigenvalue weighted by Gasteiger charge is 2.33.